The Morgan fingerprint density at radius 2 is 1.55 bits per heavy atom. The van der Waals surface area contributed by atoms with Gasteiger partial charge in [0.1, 0.15) is 0 Å². The van der Waals surface area contributed by atoms with Gasteiger partial charge in [0.2, 0.25) is 5.91 Å². The van der Waals surface area contributed by atoms with Gasteiger partial charge in [-0.25, -0.2) is 0 Å². The van der Waals surface area contributed by atoms with Crippen LogP contribution in [0.15, 0.2) is 115 Å². The highest BCUT2D eigenvalue weighted by atomic mass is 16.5. The molecule has 0 unspecified atom stereocenters. The molecular formula is C44H43N3O6. The first-order valence-electron chi connectivity index (χ1n) is 18.2. The van der Waals surface area contributed by atoms with Crippen molar-refractivity contribution in [3.05, 3.63) is 138 Å². The van der Waals surface area contributed by atoms with Gasteiger partial charge in [-0.3, -0.25) is 19.3 Å². The fourth-order valence-electron chi connectivity index (χ4n) is 9.05. The zero-order valence-corrected chi connectivity index (χ0v) is 30.1. The summed E-state index contributed by atoms with van der Waals surface area (Å²) >= 11 is 0. The number of amides is 3. The number of ether oxygens (including phenoxy) is 1. The number of nitrogens with zero attached hydrogens (tertiary/aromatic N) is 3. The summed E-state index contributed by atoms with van der Waals surface area (Å²) in [4.78, 5) is 47.7. The van der Waals surface area contributed by atoms with Crippen molar-refractivity contribution >= 4 is 45.6 Å². The molecule has 0 bridgehead atoms. The number of benzene rings is 5. The Labute approximate surface area is 309 Å². The molecule has 2 N–H and O–H groups in total. The molecule has 270 valence electrons. The van der Waals surface area contributed by atoms with Crippen LogP contribution in [0.4, 0.5) is 17.1 Å². The lowest BCUT2D eigenvalue weighted by atomic mass is 9.71. The van der Waals surface area contributed by atoms with E-state index in [1.54, 1.807) is 28.5 Å². The summed E-state index contributed by atoms with van der Waals surface area (Å²) in [5, 5.41) is 23.4. The molecule has 4 atom stereocenters. The van der Waals surface area contributed by atoms with Gasteiger partial charge in [0, 0.05) is 41.6 Å². The van der Waals surface area contributed by atoms with Crippen LogP contribution in [0.2, 0.25) is 0 Å². The van der Waals surface area contributed by atoms with Gasteiger partial charge in [-0.15, -0.1) is 0 Å². The van der Waals surface area contributed by atoms with Crippen molar-refractivity contribution in [2.24, 2.45) is 11.8 Å². The fraction of sp³-hybridized carbons (Fsp3) is 0.295. The van der Waals surface area contributed by atoms with E-state index < -0.39 is 29.1 Å². The largest absolute Gasteiger partial charge is 0.395 e. The molecule has 3 amide bonds. The number of carbonyl (C=O) groups excluding carboxylic acids is 3. The molecule has 1 saturated heterocycles. The van der Waals surface area contributed by atoms with Crippen LogP contribution in [-0.2, 0) is 33.0 Å². The number of hydrogen-bond donors (Lipinski definition) is 2. The zero-order valence-electron chi connectivity index (χ0n) is 30.1. The van der Waals surface area contributed by atoms with Crippen molar-refractivity contribution in [1.82, 2.24) is 4.90 Å². The summed E-state index contributed by atoms with van der Waals surface area (Å²) in [5.74, 6) is -1.64. The number of aliphatic hydroxyl groups excluding tert-OH is 1. The number of aliphatic hydroxyl groups is 2. The molecule has 0 aliphatic carbocycles. The average Bonchev–Trinajstić information content (AvgIpc) is 3.70. The summed E-state index contributed by atoms with van der Waals surface area (Å²) in [6.45, 7) is 5.83. The molecule has 0 aromatic heterocycles. The Kier molecular flexibility index (Phi) is 8.68. The number of anilines is 3. The molecule has 53 heavy (non-hydrogen) atoms. The fourth-order valence-corrected chi connectivity index (χ4v) is 9.05. The third kappa shape index (κ3) is 5.71. The summed E-state index contributed by atoms with van der Waals surface area (Å²) < 4.78 is 6.89. The highest BCUT2D eigenvalue weighted by molar-refractivity contribution is 6.27. The van der Waals surface area contributed by atoms with E-state index in [1.807, 2.05) is 122 Å². The molecule has 3 aliphatic heterocycles. The lowest BCUT2D eigenvalue weighted by Crippen LogP contribution is -2.46. The predicted octanol–water partition coefficient (Wildman–Crippen LogP) is 6.71. The van der Waals surface area contributed by atoms with E-state index >= 15 is 0 Å². The SMILES string of the molecule is C[C@@H]1[C@@H](C(C)(C)O)[C@H](CC(=O)N(CCO)Cc2ccccc2)O[C@@]12C(=O)N(Cc1cccc(N3C(=O)c4cccc5cccc3c45)c1)c1ccccc12. The van der Waals surface area contributed by atoms with E-state index in [0.29, 0.717) is 29.0 Å². The summed E-state index contributed by atoms with van der Waals surface area (Å²) in [5.41, 5.74) is 2.64. The minimum absolute atomic E-state index is 0.0654. The van der Waals surface area contributed by atoms with Crippen LogP contribution in [0.25, 0.3) is 10.8 Å². The normalized spacial score (nSPS) is 21.9. The van der Waals surface area contributed by atoms with E-state index in [2.05, 4.69) is 0 Å². The van der Waals surface area contributed by atoms with Crippen LogP contribution < -0.4 is 9.80 Å². The van der Waals surface area contributed by atoms with Crippen LogP contribution in [0.1, 0.15) is 54.2 Å². The lowest BCUT2D eigenvalue weighted by molar-refractivity contribution is -0.150. The molecule has 1 spiro atoms. The maximum Gasteiger partial charge on any atom is 0.264 e. The number of hydrogen-bond acceptors (Lipinski definition) is 6. The molecule has 9 heteroatoms. The smallest absolute Gasteiger partial charge is 0.264 e. The third-order valence-electron chi connectivity index (χ3n) is 11.3. The number of fused-ring (bicyclic) bond motifs is 2. The molecule has 3 aliphatic rings. The highest BCUT2D eigenvalue weighted by Crippen LogP contribution is 2.58. The first kappa shape index (κ1) is 34.7. The van der Waals surface area contributed by atoms with Crippen LogP contribution in [0.5, 0.6) is 0 Å². The van der Waals surface area contributed by atoms with Crippen molar-refractivity contribution in [3.8, 4) is 0 Å². The molecule has 0 saturated carbocycles. The molecule has 5 aromatic carbocycles. The monoisotopic (exact) mass is 709 g/mol. The molecule has 9 nitrogen and oxygen atoms in total. The van der Waals surface area contributed by atoms with Crippen LogP contribution in [0, 0.1) is 11.8 Å². The number of rotatable bonds is 10. The maximum absolute atomic E-state index is 15.0. The maximum atomic E-state index is 15.0. The molecule has 3 heterocycles. The minimum atomic E-state index is -1.44. The van der Waals surface area contributed by atoms with Gasteiger partial charge >= 0.3 is 0 Å². The van der Waals surface area contributed by atoms with Crippen molar-refractivity contribution in [1.29, 1.82) is 0 Å². The van der Waals surface area contributed by atoms with Crippen LogP contribution >= 0.6 is 0 Å². The summed E-state index contributed by atoms with van der Waals surface area (Å²) in [7, 11) is 0. The Morgan fingerprint density at radius 1 is 0.868 bits per heavy atom. The number of carbonyl (C=O) groups is 3. The third-order valence-corrected chi connectivity index (χ3v) is 11.3. The van der Waals surface area contributed by atoms with Crippen molar-refractivity contribution in [2.45, 2.75) is 57.6 Å². The standard InChI is InChI=1S/C44H43N3O6/c1-28-40(43(2,3)52)37(25-38(49)45(22-23-48)26-29-12-5-4-6-13-29)53-44(28)34-19-7-8-20-35(34)46(42(44)51)27-30-14-9-17-32(24-30)47-36-21-11-16-31-15-10-18-33(39(31)36)41(47)50/h4-21,24,28,37,40,48,52H,22-23,25-27H2,1-3H3/t28-,37+,40-,44+/m1/s1. The van der Waals surface area contributed by atoms with E-state index in [1.165, 1.54) is 0 Å². The Morgan fingerprint density at radius 3 is 2.30 bits per heavy atom. The quantitative estimate of drug-likeness (QED) is 0.167. The van der Waals surface area contributed by atoms with Gasteiger partial charge in [-0.05, 0) is 60.7 Å². The van der Waals surface area contributed by atoms with E-state index in [-0.39, 0.29) is 43.8 Å². The Balaban J connectivity index is 1.10. The van der Waals surface area contributed by atoms with Crippen LogP contribution in [0.3, 0.4) is 0 Å². The van der Waals surface area contributed by atoms with Crippen LogP contribution in [-0.4, -0.2) is 57.7 Å². The topological polar surface area (TPSA) is 111 Å². The lowest BCUT2D eigenvalue weighted by Gasteiger charge is -2.34. The van der Waals surface area contributed by atoms with Crippen molar-refractivity contribution < 1.29 is 29.3 Å². The minimum Gasteiger partial charge on any atom is -0.395 e. The second-order valence-electron chi connectivity index (χ2n) is 15.0. The first-order chi connectivity index (χ1) is 25.5. The molecule has 8 rings (SSSR count). The van der Waals surface area contributed by atoms with Gasteiger partial charge in [0.25, 0.3) is 11.8 Å². The van der Waals surface area contributed by atoms with Gasteiger partial charge in [-0.1, -0.05) is 91.9 Å². The Bertz CT molecular complexity index is 2230. The van der Waals surface area contributed by atoms with Gasteiger partial charge in [0.15, 0.2) is 5.60 Å². The summed E-state index contributed by atoms with van der Waals surface area (Å²) in [6, 6.07) is 36.5. The Hall–Kier alpha value is -5.35. The molecule has 0 radical (unpaired) electrons. The number of para-hydroxylation sites is 1. The first-order valence-corrected chi connectivity index (χ1v) is 18.2. The second kappa shape index (κ2) is 13.3. The highest BCUT2D eigenvalue weighted by Gasteiger charge is 2.66. The molecular weight excluding hydrogens is 666 g/mol. The second-order valence-corrected chi connectivity index (χ2v) is 15.0. The van der Waals surface area contributed by atoms with Crippen molar-refractivity contribution in [2.75, 3.05) is 23.0 Å². The van der Waals surface area contributed by atoms with Gasteiger partial charge < -0.3 is 24.7 Å². The van der Waals surface area contributed by atoms with E-state index in [4.69, 9.17) is 4.74 Å². The van der Waals surface area contributed by atoms with E-state index in [0.717, 1.165) is 27.6 Å². The van der Waals surface area contributed by atoms with Gasteiger partial charge in [0.05, 0.1) is 48.2 Å². The van der Waals surface area contributed by atoms with E-state index in [9.17, 15) is 24.6 Å². The zero-order chi connectivity index (χ0) is 37.1. The molecule has 5 aromatic rings. The molecule has 1 fully saturated rings. The van der Waals surface area contributed by atoms with Gasteiger partial charge in [-0.2, -0.15) is 0 Å². The summed E-state index contributed by atoms with van der Waals surface area (Å²) in [6.07, 6.45) is -0.843. The predicted molar refractivity (Wildman–Crippen MR) is 204 cm³/mol. The average molecular weight is 710 g/mol. The van der Waals surface area contributed by atoms with Crippen molar-refractivity contribution in [3.63, 3.8) is 0 Å².